The molecule has 5 aromatic rings. The topological polar surface area (TPSA) is 73.2 Å². The van der Waals surface area contributed by atoms with Gasteiger partial charge in [0.15, 0.2) is 10.9 Å². The highest BCUT2D eigenvalue weighted by atomic mass is 32.1. The summed E-state index contributed by atoms with van der Waals surface area (Å²) in [5.74, 6) is 0. The van der Waals surface area contributed by atoms with Crippen LogP contribution in [0, 0.1) is 0 Å². The van der Waals surface area contributed by atoms with Crippen LogP contribution in [-0.2, 0) is 6.54 Å². The quantitative estimate of drug-likeness (QED) is 0.419. The zero-order valence-corrected chi connectivity index (χ0v) is 17.0. The maximum atomic E-state index is 13.3. The first kappa shape index (κ1) is 18.6. The molecule has 0 saturated carbocycles. The normalized spacial score (nSPS) is 11.8. The molecule has 30 heavy (non-hydrogen) atoms. The van der Waals surface area contributed by atoms with Gasteiger partial charge in [-0.2, -0.15) is 11.3 Å². The molecule has 0 unspecified atom stereocenters. The Labute approximate surface area is 174 Å². The van der Waals surface area contributed by atoms with Crippen LogP contribution in [0.1, 0.15) is 19.8 Å². The van der Waals surface area contributed by atoms with Crippen LogP contribution in [-0.4, -0.2) is 4.57 Å². The molecule has 0 fully saturated rings. The molecule has 0 spiro atoms. The average Bonchev–Trinajstić information content (AvgIpc) is 3.37. The van der Waals surface area contributed by atoms with Crippen molar-refractivity contribution in [1.29, 1.82) is 0 Å². The molecule has 0 saturated heterocycles. The molecule has 5 nitrogen and oxygen atoms in total. The van der Waals surface area contributed by atoms with Crippen LogP contribution in [0.25, 0.3) is 43.4 Å². The minimum atomic E-state index is -0.399. The number of fused-ring (bicyclic) bond motifs is 3. The summed E-state index contributed by atoms with van der Waals surface area (Å²) in [6.45, 7) is 2.31. The third-order valence-electron chi connectivity index (χ3n) is 5.70. The standard InChI is InChI=1S/C24H17NO4S/c1-2-3-7-25-23(28)19-10-17-18(11-20(19)24(25)29)22(27)16-9-13(14-6-8-30-12-14)4-5-15(16)21(17)26/h4-6,8-12H,2-3,7H2,1H3. The van der Waals surface area contributed by atoms with Crippen molar-refractivity contribution in [3.05, 3.63) is 88.3 Å². The summed E-state index contributed by atoms with van der Waals surface area (Å²) in [6.07, 6.45) is 1.56. The summed E-state index contributed by atoms with van der Waals surface area (Å²) >= 11 is 1.56. The van der Waals surface area contributed by atoms with E-state index in [9.17, 15) is 19.2 Å². The number of thiophene rings is 1. The van der Waals surface area contributed by atoms with E-state index in [1.807, 2.05) is 29.8 Å². The lowest BCUT2D eigenvalue weighted by molar-refractivity contribution is 0.609. The monoisotopic (exact) mass is 415 g/mol. The van der Waals surface area contributed by atoms with E-state index in [1.165, 1.54) is 16.7 Å². The highest BCUT2D eigenvalue weighted by molar-refractivity contribution is 7.08. The fourth-order valence-electron chi connectivity index (χ4n) is 4.06. The maximum Gasteiger partial charge on any atom is 0.261 e. The van der Waals surface area contributed by atoms with Crippen molar-refractivity contribution in [2.75, 3.05) is 0 Å². The van der Waals surface area contributed by atoms with Crippen molar-refractivity contribution >= 4 is 43.7 Å². The summed E-state index contributed by atoms with van der Waals surface area (Å²) in [6, 6.07) is 10.0. The molecule has 0 aliphatic heterocycles. The van der Waals surface area contributed by atoms with Crippen molar-refractivity contribution in [1.82, 2.24) is 4.57 Å². The summed E-state index contributed by atoms with van der Waals surface area (Å²) < 4.78 is 1.20. The lowest BCUT2D eigenvalue weighted by Crippen LogP contribution is -2.25. The summed E-state index contributed by atoms with van der Waals surface area (Å²) in [5.41, 5.74) is 0.445. The highest BCUT2D eigenvalue weighted by Gasteiger charge is 2.18. The first-order chi connectivity index (χ1) is 14.5. The zero-order valence-electron chi connectivity index (χ0n) is 16.2. The number of nitrogens with zero attached hydrogens (tertiary/aromatic N) is 1. The summed E-state index contributed by atoms with van der Waals surface area (Å²) in [7, 11) is 0. The largest absolute Gasteiger partial charge is 0.289 e. The molecule has 0 N–H and O–H groups in total. The molecule has 5 rings (SSSR count). The molecule has 148 valence electrons. The van der Waals surface area contributed by atoms with Gasteiger partial charge in [-0.25, -0.2) is 0 Å². The van der Waals surface area contributed by atoms with Gasteiger partial charge in [0.1, 0.15) is 0 Å². The van der Waals surface area contributed by atoms with Gasteiger partial charge in [-0.1, -0.05) is 19.4 Å². The van der Waals surface area contributed by atoms with Crippen molar-refractivity contribution in [2.45, 2.75) is 26.3 Å². The molecular weight excluding hydrogens is 398 g/mol. The van der Waals surface area contributed by atoms with Crippen LogP contribution < -0.4 is 22.0 Å². The van der Waals surface area contributed by atoms with Gasteiger partial charge in [-0.05, 0) is 58.6 Å². The Balaban J connectivity index is 1.87. The van der Waals surface area contributed by atoms with E-state index in [2.05, 4.69) is 0 Å². The van der Waals surface area contributed by atoms with Crippen LogP contribution in [0.5, 0.6) is 0 Å². The van der Waals surface area contributed by atoms with Gasteiger partial charge >= 0.3 is 0 Å². The zero-order chi connectivity index (χ0) is 21.0. The fraction of sp³-hybridized carbons (Fsp3) is 0.167. The first-order valence-electron chi connectivity index (χ1n) is 9.81. The number of unbranched alkanes of at least 4 members (excludes halogenated alkanes) is 1. The van der Waals surface area contributed by atoms with Gasteiger partial charge in [-0.15, -0.1) is 0 Å². The van der Waals surface area contributed by atoms with Gasteiger partial charge in [0.2, 0.25) is 0 Å². The first-order valence-corrected chi connectivity index (χ1v) is 10.8. The molecular formula is C24H17NO4S. The predicted molar refractivity (Wildman–Crippen MR) is 123 cm³/mol. The van der Waals surface area contributed by atoms with Crippen LogP contribution >= 0.6 is 11.3 Å². The van der Waals surface area contributed by atoms with Crippen molar-refractivity contribution in [2.24, 2.45) is 0 Å². The van der Waals surface area contributed by atoms with Gasteiger partial charge in [0, 0.05) is 28.1 Å². The van der Waals surface area contributed by atoms with E-state index in [4.69, 9.17) is 0 Å². The lowest BCUT2D eigenvalue weighted by atomic mass is 9.97. The predicted octanol–water partition coefficient (Wildman–Crippen LogP) is 3.79. The molecule has 0 atom stereocenters. The number of hydrogen-bond donors (Lipinski definition) is 0. The van der Waals surface area contributed by atoms with E-state index in [0.29, 0.717) is 23.7 Å². The molecule has 2 heterocycles. The van der Waals surface area contributed by atoms with Gasteiger partial charge in [0.05, 0.1) is 10.8 Å². The summed E-state index contributed by atoms with van der Waals surface area (Å²) in [5, 5.41) is 5.37. The van der Waals surface area contributed by atoms with E-state index in [0.717, 1.165) is 17.5 Å². The van der Waals surface area contributed by atoms with Gasteiger partial charge in [-0.3, -0.25) is 23.7 Å². The van der Waals surface area contributed by atoms with E-state index >= 15 is 0 Å². The Morgan fingerprint density at radius 1 is 0.733 bits per heavy atom. The Morgan fingerprint density at radius 3 is 1.97 bits per heavy atom. The maximum absolute atomic E-state index is 13.3. The molecule has 0 radical (unpaired) electrons. The molecule has 0 aliphatic rings. The number of rotatable bonds is 4. The second-order valence-electron chi connectivity index (χ2n) is 7.49. The average molecular weight is 415 g/mol. The second kappa shape index (κ2) is 6.85. The Kier molecular flexibility index (Phi) is 4.25. The molecule has 0 aliphatic carbocycles. The third kappa shape index (κ3) is 2.60. The Bertz CT molecular complexity index is 1650. The van der Waals surface area contributed by atoms with E-state index in [1.54, 1.807) is 23.5 Å². The third-order valence-corrected chi connectivity index (χ3v) is 6.38. The second-order valence-corrected chi connectivity index (χ2v) is 8.27. The minimum Gasteiger partial charge on any atom is -0.289 e. The van der Waals surface area contributed by atoms with Gasteiger partial charge in [0.25, 0.3) is 11.1 Å². The molecule has 0 bridgehead atoms. The van der Waals surface area contributed by atoms with Crippen molar-refractivity contribution in [3.8, 4) is 11.1 Å². The summed E-state index contributed by atoms with van der Waals surface area (Å²) in [4.78, 5) is 51.9. The van der Waals surface area contributed by atoms with Crippen molar-refractivity contribution < 1.29 is 0 Å². The Hall–Kier alpha value is -3.38. The number of benzene rings is 3. The molecule has 3 aromatic carbocycles. The van der Waals surface area contributed by atoms with Crippen LogP contribution in [0.3, 0.4) is 0 Å². The number of aromatic nitrogens is 1. The molecule has 6 heteroatoms. The smallest absolute Gasteiger partial charge is 0.261 e. The molecule has 2 aromatic heterocycles. The minimum absolute atomic E-state index is 0.187. The van der Waals surface area contributed by atoms with Crippen LogP contribution in [0.4, 0.5) is 0 Å². The molecule has 0 amide bonds. The SMILES string of the molecule is CCCCn1c(=O)c2cc3c(=O)c4ccc(-c5ccsc5)cc4c(=O)c3cc2c1=O. The van der Waals surface area contributed by atoms with Crippen molar-refractivity contribution in [3.63, 3.8) is 0 Å². The Morgan fingerprint density at radius 2 is 1.37 bits per heavy atom. The lowest BCUT2D eigenvalue weighted by Gasteiger charge is -2.04. The number of hydrogen-bond acceptors (Lipinski definition) is 5. The highest BCUT2D eigenvalue weighted by Crippen LogP contribution is 2.25. The van der Waals surface area contributed by atoms with E-state index < -0.39 is 11.1 Å². The van der Waals surface area contributed by atoms with Crippen LogP contribution in [0.15, 0.2) is 66.3 Å². The van der Waals surface area contributed by atoms with Gasteiger partial charge < -0.3 is 0 Å². The van der Waals surface area contributed by atoms with Crippen LogP contribution in [0.2, 0.25) is 0 Å². The fourth-order valence-corrected chi connectivity index (χ4v) is 4.73. The van der Waals surface area contributed by atoms with E-state index in [-0.39, 0.29) is 32.4 Å².